The van der Waals surface area contributed by atoms with Crippen LogP contribution in [0.2, 0.25) is 0 Å². The van der Waals surface area contributed by atoms with Crippen molar-refractivity contribution in [3.8, 4) is 5.75 Å². The van der Waals surface area contributed by atoms with E-state index in [4.69, 9.17) is 9.47 Å². The number of nitrogens with one attached hydrogen (secondary N) is 2. The van der Waals surface area contributed by atoms with E-state index in [0.717, 1.165) is 24.4 Å². The van der Waals surface area contributed by atoms with Crippen molar-refractivity contribution >= 4 is 11.6 Å². The van der Waals surface area contributed by atoms with Gasteiger partial charge in [-0.25, -0.2) is 0 Å². The third-order valence-corrected chi connectivity index (χ3v) is 2.72. The molecule has 5 nitrogen and oxygen atoms in total. The van der Waals surface area contributed by atoms with Crippen molar-refractivity contribution in [3.05, 3.63) is 23.8 Å². The first-order valence-corrected chi connectivity index (χ1v) is 6.80. The van der Waals surface area contributed by atoms with Crippen LogP contribution in [0.5, 0.6) is 5.75 Å². The number of carbonyl (C=O) groups excluding carboxylic acids is 1. The standard InChI is InChI=1S/C15H24N2O3/c1-11(2)17-15(18)12-6-7-14(20-4)13(10-12)16-8-5-9-19-3/h6-7,10-11,16H,5,8-9H2,1-4H3,(H,17,18). The van der Waals surface area contributed by atoms with Gasteiger partial charge in [0.15, 0.2) is 0 Å². The Kier molecular flexibility index (Phi) is 6.87. The largest absolute Gasteiger partial charge is 0.495 e. The number of carbonyl (C=O) groups is 1. The van der Waals surface area contributed by atoms with Gasteiger partial charge >= 0.3 is 0 Å². The molecule has 0 saturated carbocycles. The molecular formula is C15H24N2O3. The summed E-state index contributed by atoms with van der Waals surface area (Å²) in [5.41, 5.74) is 1.44. The lowest BCUT2D eigenvalue weighted by Gasteiger charge is -2.14. The molecule has 1 amide bonds. The van der Waals surface area contributed by atoms with Crippen LogP contribution in [0.3, 0.4) is 0 Å². The Balaban J connectivity index is 2.77. The first kappa shape index (κ1) is 16.3. The highest BCUT2D eigenvalue weighted by atomic mass is 16.5. The summed E-state index contributed by atoms with van der Waals surface area (Å²) in [6.07, 6.45) is 0.891. The third-order valence-electron chi connectivity index (χ3n) is 2.72. The fourth-order valence-corrected chi connectivity index (χ4v) is 1.77. The lowest BCUT2D eigenvalue weighted by Crippen LogP contribution is -2.30. The van der Waals surface area contributed by atoms with Crippen LogP contribution in [0.4, 0.5) is 5.69 Å². The van der Waals surface area contributed by atoms with Gasteiger partial charge in [-0.05, 0) is 38.5 Å². The number of hydrogen-bond donors (Lipinski definition) is 2. The van der Waals surface area contributed by atoms with Gasteiger partial charge in [0.05, 0.1) is 12.8 Å². The Labute approximate surface area is 120 Å². The molecule has 0 radical (unpaired) electrons. The molecule has 0 spiro atoms. The van der Waals surface area contributed by atoms with Crippen molar-refractivity contribution in [2.75, 3.05) is 32.7 Å². The summed E-state index contributed by atoms with van der Waals surface area (Å²) in [7, 11) is 3.29. The molecule has 2 N–H and O–H groups in total. The average molecular weight is 280 g/mol. The topological polar surface area (TPSA) is 59.6 Å². The summed E-state index contributed by atoms with van der Waals surface area (Å²) >= 11 is 0. The van der Waals surface area contributed by atoms with E-state index in [1.165, 1.54) is 0 Å². The molecule has 0 atom stereocenters. The molecule has 0 aliphatic carbocycles. The van der Waals surface area contributed by atoms with Crippen LogP contribution in [-0.4, -0.2) is 39.3 Å². The molecule has 0 fully saturated rings. The van der Waals surface area contributed by atoms with E-state index >= 15 is 0 Å². The summed E-state index contributed by atoms with van der Waals surface area (Å²) in [6.45, 7) is 5.33. The van der Waals surface area contributed by atoms with Gasteiger partial charge < -0.3 is 20.1 Å². The summed E-state index contributed by atoms with van der Waals surface area (Å²) < 4.78 is 10.3. The zero-order valence-electron chi connectivity index (χ0n) is 12.7. The van der Waals surface area contributed by atoms with Gasteiger partial charge in [-0.3, -0.25) is 4.79 Å². The summed E-state index contributed by atoms with van der Waals surface area (Å²) in [5, 5.41) is 6.14. The van der Waals surface area contributed by atoms with Crippen molar-refractivity contribution in [1.82, 2.24) is 5.32 Å². The molecule has 20 heavy (non-hydrogen) atoms. The second kappa shape index (κ2) is 8.43. The van der Waals surface area contributed by atoms with Gasteiger partial charge in [0.2, 0.25) is 0 Å². The minimum Gasteiger partial charge on any atom is -0.495 e. The highest BCUT2D eigenvalue weighted by molar-refractivity contribution is 5.95. The van der Waals surface area contributed by atoms with E-state index < -0.39 is 0 Å². The van der Waals surface area contributed by atoms with Crippen LogP contribution in [-0.2, 0) is 4.74 Å². The van der Waals surface area contributed by atoms with Crippen LogP contribution in [0, 0.1) is 0 Å². The Morgan fingerprint density at radius 2 is 2.05 bits per heavy atom. The number of ether oxygens (including phenoxy) is 2. The maximum Gasteiger partial charge on any atom is 0.251 e. The quantitative estimate of drug-likeness (QED) is 0.717. The van der Waals surface area contributed by atoms with E-state index in [0.29, 0.717) is 12.2 Å². The molecule has 0 saturated heterocycles. The Hall–Kier alpha value is -1.75. The lowest BCUT2D eigenvalue weighted by atomic mass is 10.1. The predicted molar refractivity (Wildman–Crippen MR) is 80.6 cm³/mol. The second-order valence-corrected chi connectivity index (χ2v) is 4.82. The SMILES string of the molecule is COCCCNc1cc(C(=O)NC(C)C)ccc1OC. The molecule has 0 aromatic heterocycles. The smallest absolute Gasteiger partial charge is 0.251 e. The van der Waals surface area contributed by atoms with E-state index in [-0.39, 0.29) is 11.9 Å². The van der Waals surface area contributed by atoms with Crippen LogP contribution < -0.4 is 15.4 Å². The van der Waals surface area contributed by atoms with Gasteiger partial charge in [-0.2, -0.15) is 0 Å². The predicted octanol–water partition coefficient (Wildman–Crippen LogP) is 2.28. The monoisotopic (exact) mass is 280 g/mol. The van der Waals surface area contributed by atoms with Crippen molar-refractivity contribution < 1.29 is 14.3 Å². The van der Waals surface area contributed by atoms with Crippen LogP contribution >= 0.6 is 0 Å². The third kappa shape index (κ3) is 5.09. The van der Waals surface area contributed by atoms with Crippen LogP contribution in [0.25, 0.3) is 0 Å². The number of amides is 1. The van der Waals surface area contributed by atoms with Crippen molar-refractivity contribution in [2.45, 2.75) is 26.3 Å². The number of methoxy groups -OCH3 is 2. The van der Waals surface area contributed by atoms with Gasteiger partial charge in [0.25, 0.3) is 5.91 Å². The lowest BCUT2D eigenvalue weighted by molar-refractivity contribution is 0.0943. The van der Waals surface area contributed by atoms with Crippen molar-refractivity contribution in [2.24, 2.45) is 0 Å². The van der Waals surface area contributed by atoms with Gasteiger partial charge in [-0.1, -0.05) is 0 Å². The maximum atomic E-state index is 12.0. The maximum absolute atomic E-state index is 12.0. The number of hydrogen-bond acceptors (Lipinski definition) is 4. The molecule has 0 heterocycles. The van der Waals surface area contributed by atoms with Gasteiger partial charge in [-0.15, -0.1) is 0 Å². The van der Waals surface area contributed by atoms with E-state index in [9.17, 15) is 4.79 Å². The Bertz CT molecular complexity index is 433. The Morgan fingerprint density at radius 1 is 1.30 bits per heavy atom. The summed E-state index contributed by atoms with van der Waals surface area (Å²) in [4.78, 5) is 12.0. The van der Waals surface area contributed by atoms with Gasteiger partial charge in [0.1, 0.15) is 5.75 Å². The highest BCUT2D eigenvalue weighted by Gasteiger charge is 2.10. The molecule has 0 unspecified atom stereocenters. The van der Waals surface area contributed by atoms with Crippen molar-refractivity contribution in [3.63, 3.8) is 0 Å². The molecule has 5 heteroatoms. The molecule has 1 aromatic rings. The van der Waals surface area contributed by atoms with E-state index in [1.807, 2.05) is 19.9 Å². The minimum absolute atomic E-state index is 0.0809. The fraction of sp³-hybridized carbons (Fsp3) is 0.533. The fourth-order valence-electron chi connectivity index (χ4n) is 1.77. The zero-order valence-corrected chi connectivity index (χ0v) is 12.7. The number of benzene rings is 1. The normalized spacial score (nSPS) is 10.4. The molecular weight excluding hydrogens is 256 g/mol. The average Bonchev–Trinajstić information content (AvgIpc) is 2.42. The summed E-state index contributed by atoms with van der Waals surface area (Å²) in [6, 6.07) is 5.48. The molecule has 1 aromatic carbocycles. The van der Waals surface area contributed by atoms with Crippen molar-refractivity contribution in [1.29, 1.82) is 0 Å². The van der Waals surface area contributed by atoms with Gasteiger partial charge in [0, 0.05) is 31.9 Å². The Morgan fingerprint density at radius 3 is 2.65 bits per heavy atom. The summed E-state index contributed by atoms with van der Waals surface area (Å²) in [5.74, 6) is 0.645. The highest BCUT2D eigenvalue weighted by Crippen LogP contribution is 2.25. The second-order valence-electron chi connectivity index (χ2n) is 4.82. The zero-order chi connectivity index (χ0) is 15.0. The molecule has 0 bridgehead atoms. The number of rotatable bonds is 8. The minimum atomic E-state index is -0.0809. The van der Waals surface area contributed by atoms with E-state index in [2.05, 4.69) is 10.6 Å². The first-order valence-electron chi connectivity index (χ1n) is 6.80. The molecule has 1 rings (SSSR count). The molecule has 0 aliphatic heterocycles. The number of anilines is 1. The molecule has 112 valence electrons. The first-order chi connectivity index (χ1) is 9.58. The van der Waals surface area contributed by atoms with Crippen LogP contribution in [0.1, 0.15) is 30.6 Å². The van der Waals surface area contributed by atoms with Crippen LogP contribution in [0.15, 0.2) is 18.2 Å². The molecule has 0 aliphatic rings. The van der Waals surface area contributed by atoms with E-state index in [1.54, 1.807) is 26.4 Å².